The second-order valence-electron chi connectivity index (χ2n) is 5.26. The van der Waals surface area contributed by atoms with Crippen LogP contribution in [-0.2, 0) is 11.3 Å². The van der Waals surface area contributed by atoms with Gasteiger partial charge in [-0.15, -0.1) is 0 Å². The Morgan fingerprint density at radius 3 is 2.61 bits per heavy atom. The Balaban J connectivity index is 1.83. The second-order valence-corrected chi connectivity index (χ2v) is 5.26. The molecule has 0 amide bonds. The van der Waals surface area contributed by atoms with Crippen molar-refractivity contribution in [3.8, 4) is 0 Å². The molecule has 3 unspecified atom stereocenters. The van der Waals surface area contributed by atoms with Crippen LogP contribution < -0.4 is 0 Å². The van der Waals surface area contributed by atoms with E-state index in [0.29, 0.717) is 13.1 Å². The van der Waals surface area contributed by atoms with Crippen LogP contribution in [-0.4, -0.2) is 57.5 Å². The van der Waals surface area contributed by atoms with Crippen molar-refractivity contribution in [3.63, 3.8) is 0 Å². The third kappa shape index (κ3) is 3.54. The third-order valence-corrected chi connectivity index (χ3v) is 3.30. The van der Waals surface area contributed by atoms with Crippen LogP contribution in [0.25, 0.3) is 0 Å². The number of aromatic nitrogens is 2. The van der Waals surface area contributed by atoms with Crippen LogP contribution in [0.4, 0.5) is 0 Å². The van der Waals surface area contributed by atoms with Gasteiger partial charge in [0.2, 0.25) is 0 Å². The highest BCUT2D eigenvalue weighted by Crippen LogP contribution is 2.11. The summed E-state index contributed by atoms with van der Waals surface area (Å²) in [6.45, 7) is 9.19. The highest BCUT2D eigenvalue weighted by atomic mass is 16.5. The average Bonchev–Trinajstić information content (AvgIpc) is 2.62. The number of rotatable bonds is 4. The van der Waals surface area contributed by atoms with Gasteiger partial charge in [0.25, 0.3) is 0 Å². The van der Waals surface area contributed by atoms with Gasteiger partial charge in [0.15, 0.2) is 0 Å². The molecule has 1 N–H and O–H groups in total. The molecule has 0 aromatic carbocycles. The molecule has 102 valence electrons. The summed E-state index contributed by atoms with van der Waals surface area (Å²) >= 11 is 0. The minimum atomic E-state index is -0.365. The molecule has 0 saturated carbocycles. The highest BCUT2D eigenvalue weighted by Gasteiger charge is 2.23. The molecular formula is C13H23N3O2. The van der Waals surface area contributed by atoms with Crippen LogP contribution in [0.15, 0.2) is 12.4 Å². The summed E-state index contributed by atoms with van der Waals surface area (Å²) in [5, 5.41) is 10.1. The number of nitrogens with zero attached hydrogens (tertiary/aromatic N) is 3. The predicted octanol–water partition coefficient (Wildman–Crippen LogP) is 0.662. The molecule has 1 aliphatic heterocycles. The van der Waals surface area contributed by atoms with E-state index in [0.717, 1.165) is 18.9 Å². The van der Waals surface area contributed by atoms with Crippen molar-refractivity contribution in [3.05, 3.63) is 18.2 Å². The first-order valence-corrected chi connectivity index (χ1v) is 6.58. The second kappa shape index (κ2) is 5.82. The Hall–Kier alpha value is -0.910. The molecule has 1 aromatic rings. The minimum Gasteiger partial charge on any atom is -0.390 e. The Labute approximate surface area is 108 Å². The van der Waals surface area contributed by atoms with Crippen molar-refractivity contribution >= 4 is 0 Å². The van der Waals surface area contributed by atoms with Gasteiger partial charge in [-0.2, -0.15) is 0 Å². The minimum absolute atomic E-state index is 0.246. The highest BCUT2D eigenvalue weighted by molar-refractivity contribution is 4.89. The number of ether oxygens (including phenoxy) is 1. The maximum absolute atomic E-state index is 10.1. The molecule has 1 aliphatic rings. The summed E-state index contributed by atoms with van der Waals surface area (Å²) < 4.78 is 7.67. The molecule has 2 heterocycles. The number of hydrogen-bond acceptors (Lipinski definition) is 4. The van der Waals surface area contributed by atoms with Crippen LogP contribution in [0.3, 0.4) is 0 Å². The normalized spacial score (nSPS) is 27.3. The zero-order valence-corrected chi connectivity index (χ0v) is 11.4. The van der Waals surface area contributed by atoms with Crippen LogP contribution in [0.5, 0.6) is 0 Å². The number of aliphatic hydroxyl groups is 1. The van der Waals surface area contributed by atoms with Crippen LogP contribution in [0, 0.1) is 6.92 Å². The summed E-state index contributed by atoms with van der Waals surface area (Å²) in [6, 6.07) is 0. The Bertz CT molecular complexity index is 370. The van der Waals surface area contributed by atoms with Crippen LogP contribution in [0.1, 0.15) is 19.7 Å². The number of aryl methyl sites for hydroxylation is 1. The summed E-state index contributed by atoms with van der Waals surface area (Å²) in [4.78, 5) is 6.43. The molecule has 5 heteroatoms. The molecule has 5 nitrogen and oxygen atoms in total. The molecule has 1 aromatic heterocycles. The van der Waals surface area contributed by atoms with Gasteiger partial charge in [-0.3, -0.25) is 4.90 Å². The van der Waals surface area contributed by atoms with E-state index in [4.69, 9.17) is 4.74 Å². The van der Waals surface area contributed by atoms with Gasteiger partial charge < -0.3 is 14.4 Å². The Morgan fingerprint density at radius 2 is 2.06 bits per heavy atom. The zero-order chi connectivity index (χ0) is 13.1. The van der Waals surface area contributed by atoms with E-state index in [1.54, 1.807) is 6.20 Å². The number of β-amino-alcohol motifs (C(OH)–C–C–N with tert-alkyl or cyclic N) is 1. The van der Waals surface area contributed by atoms with Crippen molar-refractivity contribution in [1.29, 1.82) is 0 Å². The maximum atomic E-state index is 10.1. The van der Waals surface area contributed by atoms with Crippen molar-refractivity contribution in [2.75, 3.05) is 19.6 Å². The van der Waals surface area contributed by atoms with E-state index in [1.165, 1.54) is 0 Å². The van der Waals surface area contributed by atoms with E-state index >= 15 is 0 Å². The quantitative estimate of drug-likeness (QED) is 0.856. The lowest BCUT2D eigenvalue weighted by molar-refractivity contribution is -0.0772. The van der Waals surface area contributed by atoms with Gasteiger partial charge in [-0.05, 0) is 20.8 Å². The van der Waals surface area contributed by atoms with Crippen molar-refractivity contribution in [1.82, 2.24) is 14.5 Å². The van der Waals surface area contributed by atoms with Gasteiger partial charge in [-0.1, -0.05) is 0 Å². The molecule has 3 atom stereocenters. The number of hydrogen-bond donors (Lipinski definition) is 1. The third-order valence-electron chi connectivity index (χ3n) is 3.30. The first kappa shape index (κ1) is 13.5. The molecule has 1 saturated heterocycles. The van der Waals surface area contributed by atoms with E-state index < -0.39 is 0 Å². The van der Waals surface area contributed by atoms with Gasteiger partial charge in [0.1, 0.15) is 5.82 Å². The Morgan fingerprint density at radius 1 is 1.39 bits per heavy atom. The molecule has 2 rings (SSSR count). The van der Waals surface area contributed by atoms with Crippen molar-refractivity contribution in [2.45, 2.75) is 45.6 Å². The predicted molar refractivity (Wildman–Crippen MR) is 69.4 cm³/mol. The summed E-state index contributed by atoms with van der Waals surface area (Å²) in [6.07, 6.45) is 3.80. The van der Waals surface area contributed by atoms with E-state index in [1.807, 2.05) is 17.7 Å². The Kier molecular flexibility index (Phi) is 4.37. The van der Waals surface area contributed by atoms with Gasteiger partial charge in [0.05, 0.1) is 24.9 Å². The van der Waals surface area contributed by atoms with Gasteiger partial charge in [-0.25, -0.2) is 4.98 Å². The monoisotopic (exact) mass is 253 g/mol. The van der Waals surface area contributed by atoms with Gasteiger partial charge in [0, 0.05) is 32.0 Å². The largest absolute Gasteiger partial charge is 0.390 e. The molecule has 0 radical (unpaired) electrons. The summed E-state index contributed by atoms with van der Waals surface area (Å²) in [5.74, 6) is 0.942. The molecule has 0 bridgehead atoms. The fourth-order valence-corrected chi connectivity index (χ4v) is 2.61. The molecule has 18 heavy (non-hydrogen) atoms. The smallest absolute Gasteiger partial charge is 0.105 e. The van der Waals surface area contributed by atoms with Crippen molar-refractivity contribution in [2.24, 2.45) is 0 Å². The van der Waals surface area contributed by atoms with Crippen LogP contribution >= 0.6 is 0 Å². The lowest BCUT2D eigenvalue weighted by atomic mass is 10.2. The molecular weight excluding hydrogens is 230 g/mol. The topological polar surface area (TPSA) is 50.5 Å². The first-order valence-electron chi connectivity index (χ1n) is 6.58. The molecule has 1 fully saturated rings. The SMILES string of the molecule is Cc1nccn1CC(O)CN1CC(C)OC(C)C1. The lowest BCUT2D eigenvalue weighted by Gasteiger charge is -2.36. The summed E-state index contributed by atoms with van der Waals surface area (Å²) in [7, 11) is 0. The standard InChI is InChI=1S/C13H23N3O2/c1-10-6-15(7-11(2)18-10)8-13(17)9-16-5-4-14-12(16)3/h4-5,10-11,13,17H,6-9H2,1-3H3. The fourth-order valence-electron chi connectivity index (χ4n) is 2.61. The van der Waals surface area contributed by atoms with E-state index in [2.05, 4.69) is 23.7 Å². The maximum Gasteiger partial charge on any atom is 0.105 e. The van der Waals surface area contributed by atoms with Gasteiger partial charge >= 0.3 is 0 Å². The molecule has 0 aliphatic carbocycles. The molecule has 0 spiro atoms. The number of imidazole rings is 1. The fraction of sp³-hybridized carbons (Fsp3) is 0.769. The average molecular weight is 253 g/mol. The lowest BCUT2D eigenvalue weighted by Crippen LogP contribution is -2.48. The summed E-state index contributed by atoms with van der Waals surface area (Å²) in [5.41, 5.74) is 0. The number of aliphatic hydroxyl groups excluding tert-OH is 1. The van der Waals surface area contributed by atoms with E-state index in [-0.39, 0.29) is 18.3 Å². The van der Waals surface area contributed by atoms with E-state index in [9.17, 15) is 5.11 Å². The van der Waals surface area contributed by atoms with Crippen molar-refractivity contribution < 1.29 is 9.84 Å². The van der Waals surface area contributed by atoms with Crippen LogP contribution in [0.2, 0.25) is 0 Å². The first-order chi connectivity index (χ1) is 8.54. The zero-order valence-electron chi connectivity index (χ0n) is 11.4. The number of morpholine rings is 1.